The average molecular weight is 364 g/mol. The van der Waals surface area contributed by atoms with Crippen LogP contribution in [-0.2, 0) is 10.0 Å². The number of sulfonamides is 1. The second-order valence-corrected chi connectivity index (χ2v) is 8.61. The fourth-order valence-corrected chi connectivity index (χ4v) is 5.21. The van der Waals surface area contributed by atoms with Crippen LogP contribution in [0.3, 0.4) is 0 Å². The third-order valence-electron chi connectivity index (χ3n) is 4.60. The number of hydrogen-bond acceptors (Lipinski definition) is 2. The van der Waals surface area contributed by atoms with Crippen molar-refractivity contribution in [2.75, 3.05) is 6.54 Å². The smallest absolute Gasteiger partial charge is 0.207 e. The highest BCUT2D eigenvalue weighted by Crippen LogP contribution is 2.37. The minimum Gasteiger partial charge on any atom is -0.207 e. The van der Waals surface area contributed by atoms with Gasteiger partial charge in [-0.25, -0.2) is 8.42 Å². The van der Waals surface area contributed by atoms with Crippen molar-refractivity contribution in [1.82, 2.24) is 4.31 Å². The molecular weight excluding hydrogens is 342 g/mol. The van der Waals surface area contributed by atoms with Crippen LogP contribution in [-0.4, -0.2) is 19.3 Å². The van der Waals surface area contributed by atoms with Crippen LogP contribution in [0.2, 0.25) is 5.02 Å². The van der Waals surface area contributed by atoms with Crippen molar-refractivity contribution < 1.29 is 8.42 Å². The van der Waals surface area contributed by atoms with E-state index in [1.54, 1.807) is 16.4 Å². The number of aryl methyl sites for hydroxylation is 1. The summed E-state index contributed by atoms with van der Waals surface area (Å²) in [5, 5.41) is 0.633. The highest BCUT2D eigenvalue weighted by atomic mass is 35.5. The molecule has 2 aromatic rings. The van der Waals surface area contributed by atoms with Gasteiger partial charge in [0.1, 0.15) is 0 Å². The van der Waals surface area contributed by atoms with E-state index in [9.17, 15) is 8.42 Å². The van der Waals surface area contributed by atoms with Crippen LogP contribution >= 0.6 is 11.6 Å². The Morgan fingerprint density at radius 1 is 1.00 bits per heavy atom. The maximum atomic E-state index is 13.2. The SMILES string of the molecule is Cc1ccc(S(=O)(=O)N2CCCCC[C@@H]2c2ccccc2Cl)cc1. The molecule has 0 aliphatic carbocycles. The van der Waals surface area contributed by atoms with Gasteiger partial charge in [0.25, 0.3) is 0 Å². The molecule has 0 spiro atoms. The van der Waals surface area contributed by atoms with Crippen LogP contribution in [0, 0.1) is 6.92 Å². The van der Waals surface area contributed by atoms with Crippen molar-refractivity contribution in [3.63, 3.8) is 0 Å². The van der Waals surface area contributed by atoms with E-state index in [0.717, 1.165) is 36.8 Å². The van der Waals surface area contributed by atoms with Gasteiger partial charge < -0.3 is 0 Å². The molecule has 1 aliphatic heterocycles. The lowest BCUT2D eigenvalue weighted by Crippen LogP contribution is -2.35. The molecule has 24 heavy (non-hydrogen) atoms. The fourth-order valence-electron chi connectivity index (χ4n) is 3.27. The summed E-state index contributed by atoms with van der Waals surface area (Å²) in [7, 11) is -3.54. The van der Waals surface area contributed by atoms with E-state index in [4.69, 9.17) is 11.6 Å². The van der Waals surface area contributed by atoms with Crippen molar-refractivity contribution in [2.45, 2.75) is 43.5 Å². The minimum atomic E-state index is -3.54. The summed E-state index contributed by atoms with van der Waals surface area (Å²) in [6.45, 7) is 2.49. The summed E-state index contributed by atoms with van der Waals surface area (Å²) in [5.41, 5.74) is 1.95. The first-order chi connectivity index (χ1) is 11.5. The lowest BCUT2D eigenvalue weighted by atomic mass is 10.0. The predicted octanol–water partition coefficient (Wildman–Crippen LogP) is 4.95. The zero-order chi connectivity index (χ0) is 17.2. The molecule has 0 aromatic heterocycles. The van der Waals surface area contributed by atoms with E-state index in [-0.39, 0.29) is 6.04 Å². The Morgan fingerprint density at radius 2 is 1.71 bits per heavy atom. The molecule has 0 bridgehead atoms. The lowest BCUT2D eigenvalue weighted by Gasteiger charge is -2.30. The van der Waals surface area contributed by atoms with Crippen LogP contribution in [0.25, 0.3) is 0 Å². The van der Waals surface area contributed by atoms with E-state index < -0.39 is 10.0 Å². The Hall–Kier alpha value is -1.36. The standard InChI is InChI=1S/C19H22ClNO2S/c1-15-10-12-16(13-11-15)24(22,23)21-14-6-2-3-9-19(21)17-7-4-5-8-18(17)20/h4-5,7-8,10-13,19H,2-3,6,9,14H2,1H3/t19-/m1/s1. The van der Waals surface area contributed by atoms with Gasteiger partial charge in [0, 0.05) is 11.6 Å². The zero-order valence-electron chi connectivity index (χ0n) is 13.8. The second kappa shape index (κ2) is 7.26. The number of halogens is 1. The van der Waals surface area contributed by atoms with Crippen molar-refractivity contribution in [3.8, 4) is 0 Å². The summed E-state index contributed by atoms with van der Waals surface area (Å²) in [6, 6.07) is 14.4. The molecule has 0 N–H and O–H groups in total. The predicted molar refractivity (Wildman–Crippen MR) is 97.7 cm³/mol. The highest BCUT2D eigenvalue weighted by Gasteiger charge is 2.34. The summed E-state index contributed by atoms with van der Waals surface area (Å²) >= 11 is 6.37. The molecule has 0 saturated carbocycles. The molecule has 128 valence electrons. The molecule has 1 fully saturated rings. The van der Waals surface area contributed by atoms with E-state index in [2.05, 4.69) is 0 Å². The lowest BCUT2D eigenvalue weighted by molar-refractivity contribution is 0.329. The molecule has 0 amide bonds. The Balaban J connectivity index is 2.04. The molecule has 0 unspecified atom stereocenters. The van der Waals surface area contributed by atoms with E-state index in [1.165, 1.54) is 0 Å². The Kier molecular flexibility index (Phi) is 5.28. The van der Waals surface area contributed by atoms with E-state index in [0.29, 0.717) is 16.5 Å². The van der Waals surface area contributed by atoms with Gasteiger partial charge in [0.2, 0.25) is 10.0 Å². The fraction of sp³-hybridized carbons (Fsp3) is 0.368. The molecule has 1 saturated heterocycles. The number of benzene rings is 2. The molecule has 1 atom stereocenters. The summed E-state index contributed by atoms with van der Waals surface area (Å²) < 4.78 is 28.1. The van der Waals surface area contributed by atoms with Crippen molar-refractivity contribution in [2.24, 2.45) is 0 Å². The molecule has 5 heteroatoms. The van der Waals surface area contributed by atoms with Gasteiger partial charge in [-0.15, -0.1) is 0 Å². The van der Waals surface area contributed by atoms with Gasteiger partial charge in [-0.3, -0.25) is 0 Å². The summed E-state index contributed by atoms with van der Waals surface area (Å²) in [4.78, 5) is 0.354. The van der Waals surface area contributed by atoms with Gasteiger partial charge in [-0.05, 0) is 43.5 Å². The van der Waals surface area contributed by atoms with E-state index in [1.807, 2.05) is 43.3 Å². The van der Waals surface area contributed by atoms with Crippen LogP contribution in [0.5, 0.6) is 0 Å². The van der Waals surface area contributed by atoms with Crippen LogP contribution in [0.4, 0.5) is 0 Å². The maximum Gasteiger partial charge on any atom is 0.243 e. The number of nitrogens with zero attached hydrogens (tertiary/aromatic N) is 1. The summed E-state index contributed by atoms with van der Waals surface area (Å²) in [5.74, 6) is 0. The Bertz CT molecular complexity index is 802. The maximum absolute atomic E-state index is 13.2. The topological polar surface area (TPSA) is 37.4 Å². The third-order valence-corrected chi connectivity index (χ3v) is 6.86. The minimum absolute atomic E-state index is 0.201. The second-order valence-electron chi connectivity index (χ2n) is 6.32. The molecule has 1 aliphatic rings. The van der Waals surface area contributed by atoms with Crippen LogP contribution < -0.4 is 0 Å². The molecule has 3 rings (SSSR count). The van der Waals surface area contributed by atoms with Gasteiger partial charge in [-0.2, -0.15) is 4.31 Å². The largest absolute Gasteiger partial charge is 0.243 e. The Morgan fingerprint density at radius 3 is 2.42 bits per heavy atom. The summed E-state index contributed by atoms with van der Waals surface area (Å²) in [6.07, 6.45) is 3.73. The molecule has 1 heterocycles. The Labute approximate surface area is 149 Å². The highest BCUT2D eigenvalue weighted by molar-refractivity contribution is 7.89. The molecule has 0 radical (unpaired) electrons. The first kappa shape index (κ1) is 17.5. The van der Waals surface area contributed by atoms with Gasteiger partial charge >= 0.3 is 0 Å². The van der Waals surface area contributed by atoms with Crippen molar-refractivity contribution in [1.29, 1.82) is 0 Å². The van der Waals surface area contributed by atoms with Gasteiger partial charge in [0.05, 0.1) is 10.9 Å². The average Bonchev–Trinajstić information content (AvgIpc) is 2.82. The number of hydrogen-bond donors (Lipinski definition) is 0. The normalized spacial score (nSPS) is 19.8. The third kappa shape index (κ3) is 3.51. The van der Waals surface area contributed by atoms with E-state index >= 15 is 0 Å². The molecule has 2 aromatic carbocycles. The zero-order valence-corrected chi connectivity index (χ0v) is 15.4. The monoisotopic (exact) mass is 363 g/mol. The van der Waals surface area contributed by atoms with Crippen LogP contribution in [0.1, 0.15) is 42.9 Å². The quantitative estimate of drug-likeness (QED) is 0.773. The van der Waals surface area contributed by atoms with Crippen LogP contribution in [0.15, 0.2) is 53.4 Å². The van der Waals surface area contributed by atoms with Crippen molar-refractivity contribution >= 4 is 21.6 Å². The van der Waals surface area contributed by atoms with Gasteiger partial charge in [0.15, 0.2) is 0 Å². The van der Waals surface area contributed by atoms with Crippen molar-refractivity contribution in [3.05, 3.63) is 64.7 Å². The first-order valence-electron chi connectivity index (χ1n) is 8.33. The first-order valence-corrected chi connectivity index (χ1v) is 10.1. The van der Waals surface area contributed by atoms with Gasteiger partial charge in [-0.1, -0.05) is 60.3 Å². The molecular formula is C19H22ClNO2S. The molecule has 3 nitrogen and oxygen atoms in total. The number of rotatable bonds is 3.